The Morgan fingerprint density at radius 2 is 2.04 bits per heavy atom. The first kappa shape index (κ1) is 16.6. The molecule has 6 heteroatoms. The average molecular weight is 344 g/mol. The maximum Gasteiger partial charge on any atom is 0.208 e. The van der Waals surface area contributed by atoms with Gasteiger partial charge in [-0.15, -0.1) is 0 Å². The molecule has 2 aromatic rings. The van der Waals surface area contributed by atoms with Crippen molar-refractivity contribution >= 4 is 0 Å². The van der Waals surface area contributed by atoms with Crippen LogP contribution in [0.2, 0.25) is 0 Å². The molecule has 2 heterocycles. The van der Waals surface area contributed by atoms with E-state index < -0.39 is 0 Å². The van der Waals surface area contributed by atoms with Crippen LogP contribution in [0.1, 0.15) is 25.2 Å². The molecule has 1 saturated carbocycles. The molecule has 2 N–H and O–H groups in total. The molecule has 2 aliphatic rings. The second-order valence-corrected chi connectivity index (χ2v) is 6.88. The van der Waals surface area contributed by atoms with Gasteiger partial charge in [-0.1, -0.05) is 0 Å². The van der Waals surface area contributed by atoms with E-state index in [1.54, 1.807) is 13.3 Å². The molecule has 6 nitrogen and oxygen atoms in total. The lowest BCUT2D eigenvalue weighted by atomic mass is 9.58. The van der Waals surface area contributed by atoms with Crippen LogP contribution in [0.25, 0.3) is 11.3 Å². The third-order valence-electron chi connectivity index (χ3n) is 5.67. The maximum atomic E-state index is 10.2. The summed E-state index contributed by atoms with van der Waals surface area (Å²) in [6.07, 6.45) is 4.13. The van der Waals surface area contributed by atoms with Gasteiger partial charge in [-0.05, 0) is 43.5 Å². The van der Waals surface area contributed by atoms with Crippen LogP contribution < -0.4 is 10.1 Å². The lowest BCUT2D eigenvalue weighted by Crippen LogP contribution is -2.64. The van der Waals surface area contributed by atoms with Gasteiger partial charge in [0.05, 0.1) is 26.0 Å². The molecule has 1 aliphatic carbocycles. The second-order valence-electron chi connectivity index (χ2n) is 6.88. The zero-order valence-corrected chi connectivity index (χ0v) is 14.4. The van der Waals surface area contributed by atoms with Crippen molar-refractivity contribution in [1.29, 1.82) is 0 Å². The van der Waals surface area contributed by atoms with E-state index in [-0.39, 0.29) is 11.5 Å². The first-order chi connectivity index (χ1) is 12.2. The maximum absolute atomic E-state index is 10.2. The Bertz CT molecular complexity index is 706. The van der Waals surface area contributed by atoms with Crippen LogP contribution >= 0.6 is 0 Å². The third kappa shape index (κ3) is 3.05. The lowest BCUT2D eigenvalue weighted by molar-refractivity contribution is -0.149. The number of rotatable bonds is 5. The molecule has 2 fully saturated rings. The number of hydrogen-bond acceptors (Lipinski definition) is 6. The van der Waals surface area contributed by atoms with Crippen LogP contribution in [0.5, 0.6) is 5.75 Å². The number of methoxy groups -OCH3 is 1. The predicted molar refractivity (Wildman–Crippen MR) is 92.2 cm³/mol. The zero-order valence-electron chi connectivity index (χ0n) is 14.4. The van der Waals surface area contributed by atoms with Gasteiger partial charge in [0.25, 0.3) is 0 Å². The number of aliphatic hydroxyl groups is 1. The lowest BCUT2D eigenvalue weighted by Gasteiger charge is -2.55. The minimum absolute atomic E-state index is 0.0380. The first-order valence-corrected chi connectivity index (χ1v) is 8.79. The van der Waals surface area contributed by atoms with E-state index in [1.807, 2.05) is 24.3 Å². The van der Waals surface area contributed by atoms with Crippen LogP contribution in [-0.2, 0) is 11.3 Å². The monoisotopic (exact) mass is 344 g/mol. The van der Waals surface area contributed by atoms with Crippen molar-refractivity contribution in [3.05, 3.63) is 36.4 Å². The topological polar surface area (TPSA) is 76.8 Å². The van der Waals surface area contributed by atoms with Crippen LogP contribution in [0.4, 0.5) is 0 Å². The highest BCUT2D eigenvalue weighted by Crippen LogP contribution is 2.49. The van der Waals surface area contributed by atoms with Crippen molar-refractivity contribution in [2.45, 2.75) is 38.0 Å². The van der Waals surface area contributed by atoms with E-state index in [4.69, 9.17) is 13.9 Å². The largest absolute Gasteiger partial charge is 0.497 e. The molecule has 25 heavy (non-hydrogen) atoms. The standard InChI is InChI=1S/C19H24N2O4/c1-23-14-4-2-13(3-5-14)15-11-21-18(25-15)12-20-16-10-17(22)19(16)6-8-24-9-7-19/h2-5,11,16-17,20,22H,6-10,12H2,1H3/t16-,17-/m1/s1. The molecule has 0 amide bonds. The number of ether oxygens (including phenoxy) is 2. The summed E-state index contributed by atoms with van der Waals surface area (Å²) in [5.74, 6) is 2.22. The van der Waals surface area contributed by atoms with Crippen LogP contribution in [0.15, 0.2) is 34.9 Å². The van der Waals surface area contributed by atoms with E-state index in [2.05, 4.69) is 10.3 Å². The number of nitrogens with zero attached hydrogens (tertiary/aromatic N) is 1. The van der Waals surface area contributed by atoms with Crippen molar-refractivity contribution < 1.29 is 19.0 Å². The molecular formula is C19H24N2O4. The molecule has 1 saturated heterocycles. The third-order valence-corrected chi connectivity index (χ3v) is 5.67. The van der Waals surface area contributed by atoms with Crippen LogP contribution in [0, 0.1) is 5.41 Å². The van der Waals surface area contributed by atoms with Crippen molar-refractivity contribution in [1.82, 2.24) is 10.3 Å². The van der Waals surface area contributed by atoms with E-state index in [1.165, 1.54) is 0 Å². The van der Waals surface area contributed by atoms with Gasteiger partial charge in [0.1, 0.15) is 5.75 Å². The van der Waals surface area contributed by atoms with Crippen molar-refractivity contribution in [2.24, 2.45) is 5.41 Å². The fourth-order valence-electron chi connectivity index (χ4n) is 3.98. The Kier molecular flexibility index (Phi) is 4.50. The summed E-state index contributed by atoms with van der Waals surface area (Å²) in [5, 5.41) is 13.8. The summed E-state index contributed by atoms with van der Waals surface area (Å²) in [4.78, 5) is 4.37. The molecule has 134 valence electrons. The average Bonchev–Trinajstić information content (AvgIpc) is 3.14. The second kappa shape index (κ2) is 6.78. The van der Waals surface area contributed by atoms with Gasteiger partial charge in [0, 0.05) is 30.2 Å². The Morgan fingerprint density at radius 1 is 1.28 bits per heavy atom. The van der Waals surface area contributed by atoms with Crippen molar-refractivity contribution in [2.75, 3.05) is 20.3 Å². The normalized spacial score (nSPS) is 24.9. The molecule has 1 aliphatic heterocycles. The molecule has 0 bridgehead atoms. The molecule has 1 spiro atoms. The summed E-state index contributed by atoms with van der Waals surface area (Å²) in [7, 11) is 1.65. The summed E-state index contributed by atoms with van der Waals surface area (Å²) in [5.41, 5.74) is 0.934. The van der Waals surface area contributed by atoms with E-state index in [0.29, 0.717) is 18.5 Å². The highest BCUT2D eigenvalue weighted by atomic mass is 16.5. The summed E-state index contributed by atoms with van der Waals surface area (Å²) in [6, 6.07) is 8.01. The number of hydrogen-bond donors (Lipinski definition) is 2. The minimum Gasteiger partial charge on any atom is -0.497 e. The molecule has 1 aromatic heterocycles. The molecule has 2 atom stereocenters. The smallest absolute Gasteiger partial charge is 0.208 e. The SMILES string of the molecule is COc1ccc(-c2cnc(CN[C@@H]3C[C@@H](O)C34CCOCC4)o2)cc1. The van der Waals surface area contributed by atoms with Gasteiger partial charge < -0.3 is 24.3 Å². The molecule has 0 radical (unpaired) electrons. The minimum atomic E-state index is -0.228. The van der Waals surface area contributed by atoms with Crippen LogP contribution in [0.3, 0.4) is 0 Å². The van der Waals surface area contributed by atoms with Crippen molar-refractivity contribution in [3.63, 3.8) is 0 Å². The number of nitrogens with one attached hydrogen (secondary N) is 1. The fourth-order valence-corrected chi connectivity index (χ4v) is 3.98. The highest BCUT2D eigenvalue weighted by molar-refractivity contribution is 5.57. The Morgan fingerprint density at radius 3 is 2.72 bits per heavy atom. The van der Waals surface area contributed by atoms with Gasteiger partial charge >= 0.3 is 0 Å². The van der Waals surface area contributed by atoms with Gasteiger partial charge in [0.2, 0.25) is 5.89 Å². The van der Waals surface area contributed by atoms with E-state index in [0.717, 1.165) is 49.5 Å². The molecular weight excluding hydrogens is 320 g/mol. The first-order valence-electron chi connectivity index (χ1n) is 8.79. The fraction of sp³-hybridized carbons (Fsp3) is 0.526. The Labute approximate surface area is 147 Å². The Balaban J connectivity index is 1.38. The summed E-state index contributed by atoms with van der Waals surface area (Å²) in [6.45, 7) is 2.03. The van der Waals surface area contributed by atoms with E-state index >= 15 is 0 Å². The number of aromatic nitrogens is 1. The van der Waals surface area contributed by atoms with Crippen molar-refractivity contribution in [3.8, 4) is 17.1 Å². The zero-order chi connectivity index (χ0) is 17.3. The number of benzene rings is 1. The van der Waals surface area contributed by atoms with Gasteiger partial charge in [-0.2, -0.15) is 0 Å². The van der Waals surface area contributed by atoms with Gasteiger partial charge in [-0.25, -0.2) is 4.98 Å². The Hall–Kier alpha value is -1.89. The predicted octanol–water partition coefficient (Wildman–Crippen LogP) is 2.37. The van der Waals surface area contributed by atoms with E-state index in [9.17, 15) is 5.11 Å². The summed E-state index contributed by atoms with van der Waals surface area (Å²) < 4.78 is 16.5. The van der Waals surface area contributed by atoms with Gasteiger partial charge in [-0.3, -0.25) is 0 Å². The molecule has 0 unspecified atom stereocenters. The number of aliphatic hydroxyl groups excluding tert-OH is 1. The quantitative estimate of drug-likeness (QED) is 0.867. The molecule has 4 rings (SSSR count). The number of oxazole rings is 1. The summed E-state index contributed by atoms with van der Waals surface area (Å²) >= 11 is 0. The van der Waals surface area contributed by atoms with Crippen LogP contribution in [-0.4, -0.2) is 42.6 Å². The highest BCUT2D eigenvalue weighted by Gasteiger charge is 2.54. The van der Waals surface area contributed by atoms with Gasteiger partial charge in [0.15, 0.2) is 5.76 Å². The molecule has 1 aromatic carbocycles.